The van der Waals surface area contributed by atoms with Crippen molar-refractivity contribution in [2.24, 2.45) is 0 Å². The van der Waals surface area contributed by atoms with Crippen molar-refractivity contribution in [3.8, 4) is 0 Å². The Balaban J connectivity index is 2.03. The van der Waals surface area contributed by atoms with E-state index in [-0.39, 0.29) is 5.92 Å². The van der Waals surface area contributed by atoms with Gasteiger partial charge in [-0.05, 0) is 40.1 Å². The van der Waals surface area contributed by atoms with Gasteiger partial charge >= 0.3 is 7.12 Å². The highest BCUT2D eigenvalue weighted by atomic mass is 32.1. The standard InChI is InChI=1S/C15H15BO2S/c1-2-10-3-5-12-11(9-10)4-6-13(12)14-7-8-19-15(14)16(17)18/h3-9,13,17-18H,2H2,1H3. The maximum Gasteiger partial charge on any atom is 0.499 e. The zero-order valence-electron chi connectivity index (χ0n) is 10.7. The van der Waals surface area contributed by atoms with E-state index in [0.29, 0.717) is 4.78 Å². The van der Waals surface area contributed by atoms with Crippen LogP contribution in [0.5, 0.6) is 0 Å². The first kappa shape index (κ1) is 12.7. The molecule has 0 fully saturated rings. The van der Waals surface area contributed by atoms with Crippen molar-refractivity contribution in [2.45, 2.75) is 19.3 Å². The summed E-state index contributed by atoms with van der Waals surface area (Å²) in [6.07, 6.45) is 5.30. The van der Waals surface area contributed by atoms with E-state index in [0.717, 1.165) is 12.0 Å². The highest BCUT2D eigenvalue weighted by Gasteiger charge is 2.26. The van der Waals surface area contributed by atoms with Crippen LogP contribution in [-0.2, 0) is 6.42 Å². The van der Waals surface area contributed by atoms with Gasteiger partial charge in [0.25, 0.3) is 0 Å². The molecule has 1 aliphatic carbocycles. The summed E-state index contributed by atoms with van der Waals surface area (Å²) in [5, 5.41) is 20.8. The van der Waals surface area contributed by atoms with Crippen LogP contribution in [0.3, 0.4) is 0 Å². The van der Waals surface area contributed by atoms with E-state index in [1.54, 1.807) is 0 Å². The highest BCUT2D eigenvalue weighted by molar-refractivity contribution is 7.20. The molecule has 19 heavy (non-hydrogen) atoms. The second-order valence-electron chi connectivity index (χ2n) is 4.77. The van der Waals surface area contributed by atoms with E-state index in [4.69, 9.17) is 0 Å². The van der Waals surface area contributed by atoms with Crippen LogP contribution in [-0.4, -0.2) is 17.2 Å². The lowest BCUT2D eigenvalue weighted by molar-refractivity contribution is 0.426. The summed E-state index contributed by atoms with van der Waals surface area (Å²) in [7, 11) is -1.39. The topological polar surface area (TPSA) is 40.5 Å². The predicted octanol–water partition coefficient (Wildman–Crippen LogP) is 2.15. The molecule has 0 saturated heterocycles. The Bertz CT molecular complexity index is 631. The summed E-state index contributed by atoms with van der Waals surface area (Å²) in [6.45, 7) is 2.15. The molecule has 0 amide bonds. The highest BCUT2D eigenvalue weighted by Crippen LogP contribution is 2.36. The molecular weight excluding hydrogens is 255 g/mol. The Kier molecular flexibility index (Phi) is 3.31. The first-order valence-corrected chi connectivity index (χ1v) is 7.33. The predicted molar refractivity (Wildman–Crippen MR) is 80.8 cm³/mol. The lowest BCUT2D eigenvalue weighted by atomic mass is 9.80. The van der Waals surface area contributed by atoms with Crippen molar-refractivity contribution in [3.05, 3.63) is 58.0 Å². The lowest BCUT2D eigenvalue weighted by Crippen LogP contribution is -2.30. The van der Waals surface area contributed by atoms with Crippen LogP contribution >= 0.6 is 11.3 Å². The molecule has 1 unspecified atom stereocenters. The first-order chi connectivity index (χ1) is 9.20. The summed E-state index contributed by atoms with van der Waals surface area (Å²) in [5.74, 6) is 0.143. The van der Waals surface area contributed by atoms with Gasteiger partial charge in [-0.25, -0.2) is 0 Å². The summed E-state index contributed by atoms with van der Waals surface area (Å²) in [5.41, 5.74) is 4.82. The van der Waals surface area contributed by atoms with Crippen molar-refractivity contribution in [2.75, 3.05) is 0 Å². The second kappa shape index (κ2) is 4.97. The van der Waals surface area contributed by atoms with Gasteiger partial charge in [-0.2, -0.15) is 11.3 Å². The first-order valence-electron chi connectivity index (χ1n) is 6.45. The van der Waals surface area contributed by atoms with E-state index >= 15 is 0 Å². The average Bonchev–Trinajstić information content (AvgIpc) is 3.03. The van der Waals surface area contributed by atoms with Gasteiger partial charge in [0.15, 0.2) is 0 Å². The number of aryl methyl sites for hydroxylation is 1. The molecule has 1 heterocycles. The number of benzene rings is 1. The third kappa shape index (κ3) is 2.16. The van der Waals surface area contributed by atoms with Crippen molar-refractivity contribution in [3.63, 3.8) is 0 Å². The third-order valence-corrected chi connectivity index (χ3v) is 4.63. The van der Waals surface area contributed by atoms with E-state index in [9.17, 15) is 10.0 Å². The molecule has 0 bridgehead atoms. The number of hydrogen-bond acceptors (Lipinski definition) is 3. The van der Waals surface area contributed by atoms with Gasteiger partial charge in [0, 0.05) is 10.7 Å². The largest absolute Gasteiger partial charge is 0.499 e. The van der Waals surface area contributed by atoms with Crippen LogP contribution in [0, 0.1) is 0 Å². The summed E-state index contributed by atoms with van der Waals surface area (Å²) in [4.78, 5) is 0. The molecule has 2 nitrogen and oxygen atoms in total. The van der Waals surface area contributed by atoms with Gasteiger partial charge in [0.1, 0.15) is 0 Å². The molecule has 0 radical (unpaired) electrons. The normalized spacial score (nSPS) is 16.7. The van der Waals surface area contributed by atoms with E-state index in [2.05, 4.69) is 37.3 Å². The van der Waals surface area contributed by atoms with Crippen LogP contribution in [0.1, 0.15) is 35.1 Å². The third-order valence-electron chi connectivity index (χ3n) is 3.66. The molecule has 1 aromatic heterocycles. The average molecular weight is 270 g/mol. The van der Waals surface area contributed by atoms with Crippen LogP contribution in [0.15, 0.2) is 35.7 Å². The minimum atomic E-state index is -1.39. The molecule has 2 N–H and O–H groups in total. The van der Waals surface area contributed by atoms with E-state index < -0.39 is 7.12 Å². The smallest absolute Gasteiger partial charge is 0.423 e. The fourth-order valence-electron chi connectivity index (χ4n) is 2.64. The van der Waals surface area contributed by atoms with E-state index in [1.165, 1.54) is 28.0 Å². The fourth-order valence-corrected chi connectivity index (χ4v) is 3.46. The second-order valence-corrected chi connectivity index (χ2v) is 5.72. The quantitative estimate of drug-likeness (QED) is 0.839. The van der Waals surface area contributed by atoms with Gasteiger partial charge < -0.3 is 10.0 Å². The van der Waals surface area contributed by atoms with Gasteiger partial charge in [-0.3, -0.25) is 0 Å². The van der Waals surface area contributed by atoms with Crippen molar-refractivity contribution >= 4 is 29.3 Å². The molecule has 3 rings (SSSR count). The molecule has 1 atom stereocenters. The Morgan fingerprint density at radius 1 is 1.21 bits per heavy atom. The summed E-state index contributed by atoms with van der Waals surface area (Å²) in [6, 6.07) is 8.51. The molecular formula is C15H15BO2S. The Labute approximate surface area is 117 Å². The van der Waals surface area contributed by atoms with Crippen molar-refractivity contribution in [1.29, 1.82) is 0 Å². The van der Waals surface area contributed by atoms with Gasteiger partial charge in [0.05, 0.1) is 0 Å². The fraction of sp³-hybridized carbons (Fsp3) is 0.200. The molecule has 1 aliphatic rings. The minimum Gasteiger partial charge on any atom is -0.423 e. The maximum atomic E-state index is 9.43. The number of allylic oxidation sites excluding steroid dienone is 1. The number of thiophene rings is 1. The van der Waals surface area contributed by atoms with Gasteiger partial charge in [-0.1, -0.05) is 37.3 Å². The lowest BCUT2D eigenvalue weighted by Gasteiger charge is -2.13. The van der Waals surface area contributed by atoms with Crippen molar-refractivity contribution < 1.29 is 10.0 Å². The van der Waals surface area contributed by atoms with Gasteiger partial charge in [-0.15, -0.1) is 0 Å². The van der Waals surface area contributed by atoms with Gasteiger partial charge in [0.2, 0.25) is 0 Å². The molecule has 4 heteroatoms. The van der Waals surface area contributed by atoms with Crippen LogP contribution in [0.4, 0.5) is 0 Å². The summed E-state index contributed by atoms with van der Waals surface area (Å²) >= 11 is 1.39. The monoisotopic (exact) mass is 270 g/mol. The summed E-state index contributed by atoms with van der Waals surface area (Å²) < 4.78 is 0.641. The van der Waals surface area contributed by atoms with E-state index in [1.807, 2.05) is 11.4 Å². The van der Waals surface area contributed by atoms with Crippen LogP contribution in [0.2, 0.25) is 0 Å². The Morgan fingerprint density at radius 3 is 2.79 bits per heavy atom. The SMILES string of the molecule is CCc1ccc2c(c1)C=CC2c1ccsc1B(O)O. The number of hydrogen-bond donors (Lipinski definition) is 2. The molecule has 96 valence electrons. The molecule has 0 spiro atoms. The Morgan fingerprint density at radius 2 is 2.05 bits per heavy atom. The molecule has 0 aliphatic heterocycles. The van der Waals surface area contributed by atoms with Crippen LogP contribution in [0.25, 0.3) is 6.08 Å². The number of fused-ring (bicyclic) bond motifs is 1. The van der Waals surface area contributed by atoms with Crippen LogP contribution < -0.4 is 4.78 Å². The zero-order valence-corrected chi connectivity index (χ0v) is 11.5. The number of rotatable bonds is 3. The molecule has 0 saturated carbocycles. The maximum absolute atomic E-state index is 9.43. The molecule has 2 aromatic rings. The molecule has 1 aromatic carbocycles. The minimum absolute atomic E-state index is 0.143. The Hall–Kier alpha value is -1.36. The van der Waals surface area contributed by atoms with Crippen molar-refractivity contribution in [1.82, 2.24) is 0 Å². The zero-order chi connectivity index (χ0) is 13.4.